The van der Waals surface area contributed by atoms with Gasteiger partial charge in [0, 0.05) is 27.0 Å². The number of hydrogen-bond acceptors (Lipinski definition) is 6. The highest BCUT2D eigenvalue weighted by Crippen LogP contribution is 2.27. The third kappa shape index (κ3) is 7.08. The number of carboxylic acids is 1. The number of carboxylic acid groups (broad SMARTS) is 1. The smallest absolute Gasteiger partial charge is 0.303 e. The van der Waals surface area contributed by atoms with Crippen molar-refractivity contribution < 1.29 is 19.4 Å². The molecule has 0 spiro atoms. The highest BCUT2D eigenvalue weighted by atomic mass is 35.5. The van der Waals surface area contributed by atoms with Gasteiger partial charge in [-0.15, -0.1) is 23.1 Å². The lowest BCUT2D eigenvalue weighted by atomic mass is 10.2. The molecule has 1 unspecified atom stereocenters. The van der Waals surface area contributed by atoms with Gasteiger partial charge in [-0.2, -0.15) is 0 Å². The van der Waals surface area contributed by atoms with Crippen LogP contribution < -0.4 is 4.74 Å². The Bertz CT molecular complexity index is 1060. The Hall–Kier alpha value is -2.35. The quantitative estimate of drug-likeness (QED) is 0.246. The number of halogens is 1. The van der Waals surface area contributed by atoms with E-state index in [2.05, 4.69) is 4.98 Å². The Labute approximate surface area is 200 Å². The third-order valence-corrected chi connectivity index (χ3v) is 7.29. The van der Waals surface area contributed by atoms with E-state index in [1.165, 1.54) is 16.9 Å². The van der Waals surface area contributed by atoms with Crippen molar-refractivity contribution in [2.24, 2.45) is 0 Å². The minimum atomic E-state index is -0.820. The number of rotatable bonds is 11. The molecule has 0 fully saturated rings. The number of aromatic nitrogens is 1. The van der Waals surface area contributed by atoms with E-state index in [9.17, 15) is 9.59 Å². The molecule has 0 bridgehead atoms. The van der Waals surface area contributed by atoms with Crippen LogP contribution in [0.2, 0.25) is 5.02 Å². The predicted molar refractivity (Wildman–Crippen MR) is 129 cm³/mol. The van der Waals surface area contributed by atoms with Gasteiger partial charge >= 0.3 is 5.97 Å². The van der Waals surface area contributed by atoms with Gasteiger partial charge in [0.15, 0.2) is 11.1 Å². The number of nitrogens with zero attached hydrogens (tertiary/aromatic N) is 1. The SMILES string of the molecule is Cc1nc(C(=O)C(C)Oc2ccc(SCc3ccc(Cl)cc3)cc2)sc1CCCC(=O)O. The first-order valence-corrected chi connectivity index (χ1v) is 12.4. The van der Waals surface area contributed by atoms with E-state index in [1.807, 2.05) is 55.5 Å². The van der Waals surface area contributed by atoms with Gasteiger partial charge < -0.3 is 9.84 Å². The summed E-state index contributed by atoms with van der Waals surface area (Å²) in [6.07, 6.45) is 0.571. The molecular formula is C24H24ClNO4S2. The van der Waals surface area contributed by atoms with Crippen molar-refractivity contribution in [3.05, 3.63) is 74.7 Å². The van der Waals surface area contributed by atoms with Crippen molar-refractivity contribution in [3.8, 4) is 5.75 Å². The zero-order valence-corrected chi connectivity index (χ0v) is 20.2. The molecule has 0 amide bonds. The van der Waals surface area contributed by atoms with Crippen LogP contribution in [0.3, 0.4) is 0 Å². The number of aryl methyl sites for hydroxylation is 2. The fourth-order valence-electron chi connectivity index (χ4n) is 2.96. The number of carbonyl (C=O) groups excluding carboxylic acids is 1. The van der Waals surface area contributed by atoms with Crippen LogP contribution in [0.1, 0.15) is 45.7 Å². The van der Waals surface area contributed by atoms with Gasteiger partial charge in [-0.3, -0.25) is 9.59 Å². The molecule has 1 N–H and O–H groups in total. The summed E-state index contributed by atoms with van der Waals surface area (Å²) in [5.74, 6) is 0.463. The summed E-state index contributed by atoms with van der Waals surface area (Å²) in [5.41, 5.74) is 1.97. The average molecular weight is 490 g/mol. The molecule has 3 rings (SSSR count). The Morgan fingerprint density at radius 3 is 2.50 bits per heavy atom. The van der Waals surface area contributed by atoms with Crippen molar-refractivity contribution in [2.45, 2.75) is 49.9 Å². The molecule has 8 heteroatoms. The monoisotopic (exact) mass is 489 g/mol. The number of ether oxygens (including phenoxy) is 1. The summed E-state index contributed by atoms with van der Waals surface area (Å²) in [6, 6.07) is 15.5. The van der Waals surface area contributed by atoms with Crippen molar-refractivity contribution in [1.29, 1.82) is 0 Å². The Balaban J connectivity index is 1.53. The summed E-state index contributed by atoms with van der Waals surface area (Å²) in [6.45, 7) is 3.56. The van der Waals surface area contributed by atoms with Crippen LogP contribution in [0.15, 0.2) is 53.4 Å². The second-order valence-corrected chi connectivity index (χ2v) is 9.85. The Morgan fingerprint density at radius 1 is 1.16 bits per heavy atom. The molecule has 0 saturated carbocycles. The van der Waals surface area contributed by atoms with Crippen LogP contribution in [-0.4, -0.2) is 27.9 Å². The second kappa shape index (κ2) is 11.5. The molecule has 3 aromatic rings. The van der Waals surface area contributed by atoms with Crippen LogP contribution in [0.5, 0.6) is 5.75 Å². The number of thioether (sulfide) groups is 1. The molecular weight excluding hydrogens is 466 g/mol. The Kier molecular flexibility index (Phi) is 8.73. The van der Waals surface area contributed by atoms with Crippen molar-refractivity contribution in [2.75, 3.05) is 0 Å². The van der Waals surface area contributed by atoms with Crippen LogP contribution in [0.25, 0.3) is 0 Å². The number of hydrogen-bond donors (Lipinski definition) is 1. The fraction of sp³-hybridized carbons (Fsp3) is 0.292. The van der Waals surface area contributed by atoms with E-state index in [1.54, 1.807) is 18.7 Å². The molecule has 0 aliphatic carbocycles. The first-order chi connectivity index (χ1) is 15.3. The average Bonchev–Trinajstić information content (AvgIpc) is 3.14. The number of carbonyl (C=O) groups is 2. The van der Waals surface area contributed by atoms with Gasteiger partial charge in [0.25, 0.3) is 0 Å². The first kappa shape index (κ1) is 24.3. The zero-order chi connectivity index (χ0) is 23.1. The lowest BCUT2D eigenvalue weighted by Crippen LogP contribution is -2.23. The van der Waals surface area contributed by atoms with Crippen LogP contribution in [0, 0.1) is 6.92 Å². The van der Waals surface area contributed by atoms with E-state index in [0.29, 0.717) is 23.6 Å². The lowest BCUT2D eigenvalue weighted by molar-refractivity contribution is -0.137. The number of Topliss-reactive ketones (excluding diaryl/α,β-unsaturated/α-hetero) is 1. The van der Waals surface area contributed by atoms with Gasteiger partial charge in [0.1, 0.15) is 5.75 Å². The predicted octanol–water partition coefficient (Wildman–Crippen LogP) is 6.45. The largest absolute Gasteiger partial charge is 0.482 e. The molecule has 0 aliphatic heterocycles. The molecule has 168 valence electrons. The topological polar surface area (TPSA) is 76.5 Å². The normalized spacial score (nSPS) is 11.8. The Morgan fingerprint density at radius 2 is 1.84 bits per heavy atom. The molecule has 32 heavy (non-hydrogen) atoms. The molecule has 0 saturated heterocycles. The maximum atomic E-state index is 12.8. The van der Waals surface area contributed by atoms with Gasteiger partial charge in [-0.25, -0.2) is 4.98 Å². The fourth-order valence-corrected chi connectivity index (χ4v) is 5.06. The molecule has 5 nitrogen and oxygen atoms in total. The summed E-state index contributed by atoms with van der Waals surface area (Å²) in [4.78, 5) is 29.9. The lowest BCUT2D eigenvalue weighted by Gasteiger charge is -2.12. The molecule has 0 radical (unpaired) electrons. The maximum Gasteiger partial charge on any atom is 0.303 e. The molecule has 1 atom stereocenters. The summed E-state index contributed by atoms with van der Waals surface area (Å²) in [5, 5.41) is 9.91. The van der Waals surface area contributed by atoms with Gasteiger partial charge in [0.2, 0.25) is 5.78 Å². The first-order valence-electron chi connectivity index (χ1n) is 10.2. The van der Waals surface area contributed by atoms with Crippen molar-refractivity contribution >= 4 is 46.5 Å². The summed E-state index contributed by atoms with van der Waals surface area (Å²) < 4.78 is 5.84. The standard InChI is InChI=1S/C24H24ClNO4S2/c1-15-21(4-3-5-22(27)28)32-24(26-15)23(29)16(2)30-19-10-12-20(13-11-19)31-14-17-6-8-18(25)9-7-17/h6-13,16H,3-5,14H2,1-2H3,(H,27,28). The molecule has 1 heterocycles. The van der Waals surface area contributed by atoms with E-state index < -0.39 is 12.1 Å². The molecule has 0 aliphatic rings. The number of ketones is 1. The van der Waals surface area contributed by atoms with Crippen LogP contribution >= 0.6 is 34.7 Å². The van der Waals surface area contributed by atoms with Crippen molar-refractivity contribution in [1.82, 2.24) is 4.98 Å². The number of aliphatic carboxylic acids is 1. The van der Waals surface area contributed by atoms with E-state index >= 15 is 0 Å². The van der Waals surface area contributed by atoms with Gasteiger partial charge in [0.05, 0.1) is 5.69 Å². The van der Waals surface area contributed by atoms with Gasteiger partial charge in [-0.1, -0.05) is 23.7 Å². The number of thiazole rings is 1. The van der Waals surface area contributed by atoms with E-state index in [-0.39, 0.29) is 12.2 Å². The minimum Gasteiger partial charge on any atom is -0.482 e. The third-order valence-electron chi connectivity index (χ3n) is 4.72. The van der Waals surface area contributed by atoms with Crippen LogP contribution in [0.4, 0.5) is 0 Å². The minimum absolute atomic E-state index is 0.105. The van der Waals surface area contributed by atoms with E-state index in [4.69, 9.17) is 21.4 Å². The highest BCUT2D eigenvalue weighted by molar-refractivity contribution is 7.98. The zero-order valence-electron chi connectivity index (χ0n) is 17.8. The highest BCUT2D eigenvalue weighted by Gasteiger charge is 2.22. The van der Waals surface area contributed by atoms with Crippen molar-refractivity contribution in [3.63, 3.8) is 0 Å². The summed E-state index contributed by atoms with van der Waals surface area (Å²) >= 11 is 8.95. The second-order valence-electron chi connectivity index (χ2n) is 7.29. The molecule has 1 aromatic heterocycles. The maximum absolute atomic E-state index is 12.8. The number of benzene rings is 2. The summed E-state index contributed by atoms with van der Waals surface area (Å²) in [7, 11) is 0. The van der Waals surface area contributed by atoms with Crippen LogP contribution in [-0.2, 0) is 17.0 Å². The van der Waals surface area contributed by atoms with Gasteiger partial charge in [-0.05, 0) is 68.7 Å². The molecule has 2 aromatic carbocycles. The van der Waals surface area contributed by atoms with E-state index in [0.717, 1.165) is 26.2 Å².